The van der Waals surface area contributed by atoms with E-state index in [2.05, 4.69) is 25.5 Å². The van der Waals surface area contributed by atoms with Gasteiger partial charge in [-0.25, -0.2) is 13.5 Å². The van der Waals surface area contributed by atoms with E-state index in [1.807, 2.05) is 24.3 Å². The normalized spacial score (nSPS) is 12.2. The van der Waals surface area contributed by atoms with E-state index in [4.69, 9.17) is 16.3 Å². The molecule has 0 aliphatic carbocycles. The molecule has 2 N–H and O–H groups in total. The predicted molar refractivity (Wildman–Crippen MR) is 142 cm³/mol. The van der Waals surface area contributed by atoms with Crippen LogP contribution in [0.4, 0.5) is 14.5 Å². The van der Waals surface area contributed by atoms with Gasteiger partial charge in [0.2, 0.25) is 4.90 Å². The Bertz CT molecular complexity index is 1280. The van der Waals surface area contributed by atoms with Crippen molar-refractivity contribution in [3.05, 3.63) is 81.9 Å². The van der Waals surface area contributed by atoms with Gasteiger partial charge in [0.1, 0.15) is 35.2 Å². The number of likely N-dealkylation sites (N-methyl/N-ethyl adjacent to an activating group) is 1. The molecular weight excluding hydrogens is 522 g/mol. The summed E-state index contributed by atoms with van der Waals surface area (Å²) < 4.78 is 48.7. The van der Waals surface area contributed by atoms with Crippen molar-refractivity contribution in [3.8, 4) is 11.5 Å². The molecule has 1 amide bonds. The summed E-state index contributed by atoms with van der Waals surface area (Å²) in [6.45, 7) is 8.27. The fourth-order valence-corrected chi connectivity index (χ4v) is 4.66. The van der Waals surface area contributed by atoms with Crippen molar-refractivity contribution in [2.45, 2.75) is 38.0 Å². The standard InChI is InChI=1S/C27H29ClF2N2O4S/c1-16-12-23(22(30)15-21(16)29)31-37(35)24-14-17(13-20(28)25(24)33)26(34)32(5)10-11-36-19-8-6-18(7-9-19)27(2,3)4/h6-9,12-15,31,33H,10-11H2,1-5H3. The lowest BCUT2D eigenvalue weighted by atomic mass is 9.87. The molecule has 1 atom stereocenters. The molecule has 37 heavy (non-hydrogen) atoms. The van der Waals surface area contributed by atoms with Gasteiger partial charge in [-0.1, -0.05) is 44.5 Å². The molecular formula is C27H29ClF2N2O4S. The molecule has 1 unspecified atom stereocenters. The minimum atomic E-state index is -2.20. The average Bonchev–Trinajstić information content (AvgIpc) is 2.83. The maximum Gasteiger partial charge on any atom is 0.253 e. The Morgan fingerprint density at radius 1 is 1.14 bits per heavy atom. The van der Waals surface area contributed by atoms with Crippen molar-refractivity contribution in [1.29, 1.82) is 0 Å². The number of carbonyl (C=O) groups excluding carboxylic acids is 1. The number of ether oxygens (including phenoxy) is 1. The van der Waals surface area contributed by atoms with Gasteiger partial charge in [0, 0.05) is 24.7 Å². The Balaban J connectivity index is 1.68. The monoisotopic (exact) mass is 550 g/mol. The van der Waals surface area contributed by atoms with Gasteiger partial charge in [-0.2, -0.15) is 0 Å². The summed E-state index contributed by atoms with van der Waals surface area (Å²) >= 11 is 3.89. The lowest BCUT2D eigenvalue weighted by Gasteiger charge is -2.20. The van der Waals surface area contributed by atoms with Crippen molar-refractivity contribution >= 4 is 34.6 Å². The van der Waals surface area contributed by atoms with Crippen LogP contribution in [0.15, 0.2) is 53.4 Å². The number of benzene rings is 3. The highest BCUT2D eigenvalue weighted by Gasteiger charge is 2.25. The van der Waals surface area contributed by atoms with Crippen molar-refractivity contribution < 1.29 is 28.0 Å². The molecule has 0 aromatic heterocycles. The molecule has 0 radical (unpaired) electrons. The van der Waals surface area contributed by atoms with Crippen LogP contribution in [-0.2, 0) is 16.8 Å². The number of aromatic hydroxyl groups is 1. The first-order chi connectivity index (χ1) is 17.3. The number of halogens is 3. The molecule has 0 fully saturated rings. The topological polar surface area (TPSA) is 84.9 Å². The molecule has 3 aromatic rings. The van der Waals surface area contributed by atoms with E-state index in [0.717, 1.165) is 6.07 Å². The van der Waals surface area contributed by atoms with E-state index in [1.54, 1.807) is 7.05 Å². The SMILES string of the molecule is Cc1cc(N[S+]([O-])c2cc(C(=O)N(C)CCOc3ccc(C(C)(C)C)cc3)cc(Cl)c2O)c(F)cc1F. The predicted octanol–water partition coefficient (Wildman–Crippen LogP) is 6.22. The zero-order valence-corrected chi connectivity index (χ0v) is 22.8. The summed E-state index contributed by atoms with van der Waals surface area (Å²) in [5, 5.41) is 10.1. The number of rotatable bonds is 8. The Kier molecular flexibility index (Phi) is 8.94. The molecule has 198 valence electrons. The zero-order chi connectivity index (χ0) is 27.5. The van der Waals surface area contributed by atoms with Gasteiger partial charge in [0.15, 0.2) is 11.6 Å². The van der Waals surface area contributed by atoms with Crippen LogP contribution in [0.1, 0.15) is 42.3 Å². The number of hydrogen-bond acceptors (Lipinski definition) is 5. The lowest BCUT2D eigenvalue weighted by molar-refractivity contribution is 0.0773. The molecule has 0 bridgehead atoms. The van der Waals surface area contributed by atoms with E-state index in [-0.39, 0.29) is 45.3 Å². The quantitative estimate of drug-likeness (QED) is 0.325. The average molecular weight is 551 g/mol. The van der Waals surface area contributed by atoms with Crippen LogP contribution in [0.25, 0.3) is 0 Å². The fourth-order valence-electron chi connectivity index (χ4n) is 3.40. The minimum absolute atomic E-state index is 0.0285. The highest BCUT2D eigenvalue weighted by molar-refractivity contribution is 7.92. The summed E-state index contributed by atoms with van der Waals surface area (Å²) in [6, 6.07) is 12.0. The summed E-state index contributed by atoms with van der Waals surface area (Å²) in [7, 11) is 1.57. The molecule has 6 nitrogen and oxygen atoms in total. The summed E-state index contributed by atoms with van der Waals surface area (Å²) in [6.07, 6.45) is 0. The molecule has 0 aliphatic heterocycles. The van der Waals surface area contributed by atoms with Gasteiger partial charge in [0.05, 0.1) is 11.6 Å². The second-order valence-corrected chi connectivity index (χ2v) is 11.2. The van der Waals surface area contributed by atoms with E-state index < -0.39 is 34.7 Å². The van der Waals surface area contributed by atoms with Gasteiger partial charge in [-0.15, -0.1) is 0 Å². The largest absolute Gasteiger partial charge is 0.588 e. The number of anilines is 1. The maximum absolute atomic E-state index is 14.1. The number of nitrogens with zero attached hydrogens (tertiary/aromatic N) is 1. The zero-order valence-electron chi connectivity index (χ0n) is 21.2. The summed E-state index contributed by atoms with van der Waals surface area (Å²) in [5.74, 6) is -2.00. The van der Waals surface area contributed by atoms with Crippen molar-refractivity contribution in [3.63, 3.8) is 0 Å². The van der Waals surface area contributed by atoms with Crippen LogP contribution >= 0.6 is 11.6 Å². The van der Waals surface area contributed by atoms with E-state index in [0.29, 0.717) is 11.8 Å². The van der Waals surface area contributed by atoms with E-state index >= 15 is 0 Å². The second-order valence-electron chi connectivity index (χ2n) is 9.61. The van der Waals surface area contributed by atoms with Crippen LogP contribution in [0.3, 0.4) is 0 Å². The second kappa shape index (κ2) is 11.6. The Morgan fingerprint density at radius 3 is 2.41 bits per heavy atom. The first kappa shape index (κ1) is 28.6. The Labute approximate surface area is 223 Å². The van der Waals surface area contributed by atoms with E-state index in [9.17, 15) is 23.2 Å². The van der Waals surface area contributed by atoms with Crippen LogP contribution in [0.5, 0.6) is 11.5 Å². The maximum atomic E-state index is 14.1. The molecule has 3 rings (SSSR count). The number of aryl methyl sites for hydroxylation is 1. The number of phenols is 1. The number of carbonyl (C=O) groups is 1. The molecule has 0 spiro atoms. The van der Waals surface area contributed by atoms with Crippen LogP contribution in [-0.4, -0.2) is 40.7 Å². The lowest BCUT2D eigenvalue weighted by Crippen LogP contribution is -2.31. The number of hydrogen-bond donors (Lipinski definition) is 2. The van der Waals surface area contributed by atoms with Crippen LogP contribution in [0, 0.1) is 18.6 Å². The highest BCUT2D eigenvalue weighted by Crippen LogP contribution is 2.34. The highest BCUT2D eigenvalue weighted by atomic mass is 35.5. The first-order valence-corrected chi connectivity index (χ1v) is 13.0. The smallest absolute Gasteiger partial charge is 0.253 e. The minimum Gasteiger partial charge on any atom is -0.588 e. The van der Waals surface area contributed by atoms with E-state index in [1.165, 1.54) is 29.5 Å². The van der Waals surface area contributed by atoms with Gasteiger partial charge in [-0.05, 0) is 47.7 Å². The Hall–Kier alpha value is -3.01. The Morgan fingerprint density at radius 2 is 1.78 bits per heavy atom. The van der Waals surface area contributed by atoms with Crippen LogP contribution < -0.4 is 9.46 Å². The number of phenolic OH excluding ortho intramolecular Hbond substituents is 1. The van der Waals surface area contributed by atoms with Crippen molar-refractivity contribution in [1.82, 2.24) is 4.90 Å². The van der Waals surface area contributed by atoms with Gasteiger partial charge in [0.25, 0.3) is 5.91 Å². The first-order valence-electron chi connectivity index (χ1n) is 11.4. The molecule has 0 heterocycles. The third-order valence-electron chi connectivity index (χ3n) is 5.69. The van der Waals surface area contributed by atoms with Crippen LogP contribution in [0.2, 0.25) is 5.02 Å². The molecule has 0 aliphatic rings. The molecule has 10 heteroatoms. The van der Waals surface area contributed by atoms with Crippen molar-refractivity contribution in [2.75, 3.05) is 24.9 Å². The van der Waals surface area contributed by atoms with Gasteiger partial charge < -0.3 is 19.3 Å². The molecule has 0 saturated heterocycles. The number of amides is 1. The number of nitrogens with one attached hydrogen (secondary N) is 1. The fraction of sp³-hybridized carbons (Fsp3) is 0.296. The van der Waals surface area contributed by atoms with Gasteiger partial charge >= 0.3 is 0 Å². The third-order valence-corrected chi connectivity index (χ3v) is 7.09. The van der Waals surface area contributed by atoms with Crippen molar-refractivity contribution in [2.24, 2.45) is 0 Å². The molecule has 0 saturated carbocycles. The van der Waals surface area contributed by atoms with Gasteiger partial charge in [-0.3, -0.25) is 4.79 Å². The third kappa shape index (κ3) is 7.06. The summed E-state index contributed by atoms with van der Waals surface area (Å²) in [5.41, 5.74) is 1.19. The summed E-state index contributed by atoms with van der Waals surface area (Å²) in [4.78, 5) is 14.2. The molecule has 3 aromatic carbocycles.